The molecular formula is C27H29N3O6. The Bertz CT molecular complexity index is 1480. The molecule has 0 aliphatic carbocycles. The summed E-state index contributed by atoms with van der Waals surface area (Å²) >= 11 is 0. The lowest BCUT2D eigenvalue weighted by Gasteiger charge is -2.36. The number of carbonyl (C=O) groups excluding carboxylic acids is 2. The smallest absolute Gasteiger partial charge is 0.355 e. The number of phenolic OH excluding ortho intramolecular Hbond substituents is 1. The number of benzene rings is 1. The second-order valence-electron chi connectivity index (χ2n) is 9.24. The van der Waals surface area contributed by atoms with Gasteiger partial charge in [-0.25, -0.2) is 9.78 Å². The summed E-state index contributed by atoms with van der Waals surface area (Å²) in [5, 5.41) is 13.9. The van der Waals surface area contributed by atoms with E-state index in [-0.39, 0.29) is 24.3 Å². The number of ether oxygens (including phenoxy) is 2. The molecule has 2 atom stereocenters. The average molecular weight is 492 g/mol. The summed E-state index contributed by atoms with van der Waals surface area (Å²) in [7, 11) is 0. The number of rotatable bonds is 6. The van der Waals surface area contributed by atoms with Gasteiger partial charge in [-0.3, -0.25) is 9.59 Å². The van der Waals surface area contributed by atoms with Gasteiger partial charge in [0.2, 0.25) is 5.60 Å². The van der Waals surface area contributed by atoms with Gasteiger partial charge in [-0.05, 0) is 56.1 Å². The zero-order valence-corrected chi connectivity index (χ0v) is 20.8. The normalized spacial score (nSPS) is 18.8. The zero-order valence-electron chi connectivity index (χ0n) is 20.8. The van der Waals surface area contributed by atoms with Crippen molar-refractivity contribution in [2.24, 2.45) is 0 Å². The number of phenols is 1. The first-order valence-electron chi connectivity index (χ1n) is 12.3. The lowest BCUT2D eigenvalue weighted by atomic mass is 9.85. The van der Waals surface area contributed by atoms with Gasteiger partial charge in [0, 0.05) is 16.5 Å². The van der Waals surface area contributed by atoms with Gasteiger partial charge in [0.05, 0.1) is 29.0 Å². The largest absolute Gasteiger partial charge is 0.508 e. The Kier molecular flexibility index (Phi) is 5.83. The first-order valence-corrected chi connectivity index (χ1v) is 12.3. The SMILES string of the molecule is CCN[C@@H](C)C(=O)O[C@]1(CC)C(=O)OCc2c1cc1n(c2=O)Cc2c-1nc1ccc(O)cc1c2CC. The molecule has 188 valence electrons. The molecule has 0 saturated carbocycles. The molecule has 2 aromatic heterocycles. The number of fused-ring (bicyclic) bond motifs is 5. The molecule has 0 radical (unpaired) electrons. The van der Waals surface area contributed by atoms with Crippen LogP contribution in [0, 0.1) is 0 Å². The van der Waals surface area contributed by atoms with E-state index in [1.165, 1.54) is 0 Å². The van der Waals surface area contributed by atoms with Crippen molar-refractivity contribution < 1.29 is 24.2 Å². The summed E-state index contributed by atoms with van der Waals surface area (Å²) in [5.41, 5.74) is 2.48. The van der Waals surface area contributed by atoms with Gasteiger partial charge in [0.25, 0.3) is 5.56 Å². The number of pyridine rings is 2. The lowest BCUT2D eigenvalue weighted by molar-refractivity contribution is -0.190. The van der Waals surface area contributed by atoms with Crippen LogP contribution in [-0.2, 0) is 44.2 Å². The topological polar surface area (TPSA) is 120 Å². The Balaban J connectivity index is 1.72. The van der Waals surface area contributed by atoms with Crippen LogP contribution in [0.3, 0.4) is 0 Å². The number of esters is 2. The number of cyclic esters (lactones) is 1. The molecule has 36 heavy (non-hydrogen) atoms. The van der Waals surface area contributed by atoms with Crippen LogP contribution in [0.1, 0.15) is 56.4 Å². The van der Waals surface area contributed by atoms with Crippen LogP contribution in [0.4, 0.5) is 0 Å². The van der Waals surface area contributed by atoms with Gasteiger partial charge in [-0.2, -0.15) is 0 Å². The van der Waals surface area contributed by atoms with Crippen LogP contribution in [-0.4, -0.2) is 39.2 Å². The molecule has 0 bridgehead atoms. The van der Waals surface area contributed by atoms with E-state index in [1.54, 1.807) is 42.7 Å². The first kappa shape index (κ1) is 24.0. The highest BCUT2D eigenvalue weighted by Crippen LogP contribution is 2.42. The van der Waals surface area contributed by atoms with Crippen molar-refractivity contribution in [1.82, 2.24) is 14.9 Å². The standard InChI is InChI=1S/C27H29N3O6/c1-5-16-17-10-15(31)8-9-21(17)29-23-18(16)12-30-22(23)11-20-19(24(30)32)13-35-26(34)27(20,6-2)36-25(33)14(4)28-7-3/h8-11,14,28,31H,5-7,12-13H2,1-4H3/t14-,27-/m0/s1. The number of aromatic nitrogens is 2. The Morgan fingerprint density at radius 3 is 2.72 bits per heavy atom. The van der Waals surface area contributed by atoms with Gasteiger partial charge in [-0.1, -0.05) is 20.8 Å². The van der Waals surface area contributed by atoms with E-state index in [0.717, 1.165) is 16.5 Å². The van der Waals surface area contributed by atoms with Crippen molar-refractivity contribution in [2.45, 2.75) is 65.3 Å². The minimum absolute atomic E-state index is 0.115. The quantitative estimate of drug-likeness (QED) is 0.395. The maximum absolute atomic E-state index is 13.7. The van der Waals surface area contributed by atoms with Gasteiger partial charge in [-0.15, -0.1) is 0 Å². The van der Waals surface area contributed by atoms with E-state index >= 15 is 0 Å². The zero-order chi connectivity index (χ0) is 25.8. The number of aryl methyl sites for hydroxylation is 1. The average Bonchev–Trinajstić information content (AvgIpc) is 3.23. The van der Waals surface area contributed by atoms with Crippen LogP contribution in [0.5, 0.6) is 5.75 Å². The fraction of sp³-hybridized carbons (Fsp3) is 0.407. The van der Waals surface area contributed by atoms with Crippen molar-refractivity contribution in [3.63, 3.8) is 0 Å². The third-order valence-corrected chi connectivity index (χ3v) is 7.25. The third kappa shape index (κ3) is 3.41. The van der Waals surface area contributed by atoms with Gasteiger partial charge in [0.1, 0.15) is 18.4 Å². The van der Waals surface area contributed by atoms with E-state index in [1.807, 2.05) is 13.8 Å². The molecule has 0 spiro atoms. The number of hydrogen-bond donors (Lipinski definition) is 2. The van der Waals surface area contributed by atoms with Gasteiger partial charge < -0.3 is 24.5 Å². The minimum atomic E-state index is -1.72. The lowest BCUT2D eigenvalue weighted by Crippen LogP contribution is -2.50. The summed E-state index contributed by atoms with van der Waals surface area (Å²) in [6.07, 6.45) is 0.803. The molecule has 2 aliphatic heterocycles. The molecule has 0 unspecified atom stereocenters. The second-order valence-corrected chi connectivity index (χ2v) is 9.24. The molecule has 2 aliphatic rings. The van der Waals surface area contributed by atoms with Crippen LogP contribution < -0.4 is 10.9 Å². The number of hydrogen-bond acceptors (Lipinski definition) is 8. The molecule has 3 aromatic rings. The van der Waals surface area contributed by atoms with Crippen LogP contribution in [0.25, 0.3) is 22.3 Å². The minimum Gasteiger partial charge on any atom is -0.508 e. The second kappa shape index (κ2) is 8.74. The van der Waals surface area contributed by atoms with E-state index in [4.69, 9.17) is 14.5 Å². The Morgan fingerprint density at radius 1 is 1.25 bits per heavy atom. The first-order chi connectivity index (χ1) is 17.2. The van der Waals surface area contributed by atoms with Crippen molar-refractivity contribution in [2.75, 3.05) is 6.54 Å². The van der Waals surface area contributed by atoms with E-state index in [9.17, 15) is 19.5 Å². The number of likely N-dealkylation sites (N-methyl/N-ethyl adjacent to an activating group) is 1. The number of carbonyl (C=O) groups is 2. The highest BCUT2D eigenvalue weighted by Gasteiger charge is 2.51. The van der Waals surface area contributed by atoms with Crippen molar-refractivity contribution >= 4 is 22.8 Å². The molecule has 0 fully saturated rings. The van der Waals surface area contributed by atoms with E-state index in [0.29, 0.717) is 47.5 Å². The Hall–Kier alpha value is -3.72. The summed E-state index contributed by atoms with van der Waals surface area (Å²) < 4.78 is 12.9. The molecule has 1 aromatic carbocycles. The molecule has 2 N–H and O–H groups in total. The van der Waals surface area contributed by atoms with Crippen molar-refractivity contribution in [3.05, 3.63) is 56.9 Å². The Morgan fingerprint density at radius 2 is 2.03 bits per heavy atom. The number of nitrogens with zero attached hydrogens (tertiary/aromatic N) is 2. The van der Waals surface area contributed by atoms with Gasteiger partial charge >= 0.3 is 11.9 Å². The molecule has 9 heteroatoms. The van der Waals surface area contributed by atoms with Crippen molar-refractivity contribution in [1.29, 1.82) is 0 Å². The summed E-state index contributed by atoms with van der Waals surface area (Å²) in [6.45, 7) is 7.98. The summed E-state index contributed by atoms with van der Waals surface area (Å²) in [5.74, 6) is -1.13. The highest BCUT2D eigenvalue weighted by molar-refractivity contribution is 5.91. The monoisotopic (exact) mass is 491 g/mol. The summed E-state index contributed by atoms with van der Waals surface area (Å²) in [4.78, 5) is 44.6. The van der Waals surface area contributed by atoms with Gasteiger partial charge in [0.15, 0.2) is 0 Å². The van der Waals surface area contributed by atoms with Crippen molar-refractivity contribution in [3.8, 4) is 17.1 Å². The summed E-state index contributed by atoms with van der Waals surface area (Å²) in [6, 6.07) is 6.15. The maximum atomic E-state index is 13.7. The fourth-order valence-electron chi connectivity index (χ4n) is 5.36. The maximum Gasteiger partial charge on any atom is 0.355 e. The predicted octanol–water partition coefficient (Wildman–Crippen LogP) is 2.90. The number of aromatic hydroxyl groups is 1. The Labute approximate surface area is 208 Å². The molecular weight excluding hydrogens is 462 g/mol. The third-order valence-electron chi connectivity index (χ3n) is 7.25. The predicted molar refractivity (Wildman–Crippen MR) is 133 cm³/mol. The number of nitrogens with one attached hydrogen (secondary N) is 1. The fourth-order valence-corrected chi connectivity index (χ4v) is 5.36. The highest BCUT2D eigenvalue weighted by atomic mass is 16.6. The molecule has 4 heterocycles. The van der Waals surface area contributed by atoms with Crippen LogP contribution >= 0.6 is 0 Å². The molecule has 0 amide bonds. The molecule has 9 nitrogen and oxygen atoms in total. The van der Waals surface area contributed by atoms with Crippen LogP contribution in [0.2, 0.25) is 0 Å². The van der Waals surface area contributed by atoms with Crippen LogP contribution in [0.15, 0.2) is 29.1 Å². The van der Waals surface area contributed by atoms with E-state index < -0.39 is 23.6 Å². The van der Waals surface area contributed by atoms with E-state index in [2.05, 4.69) is 5.32 Å². The molecule has 0 saturated heterocycles. The molecule has 5 rings (SSSR count).